The molecule has 2 heterocycles. The highest BCUT2D eigenvalue weighted by Gasteiger charge is 2.20. The molecule has 0 bridgehead atoms. The second-order valence-corrected chi connectivity index (χ2v) is 8.20. The van der Waals surface area contributed by atoms with Crippen molar-refractivity contribution >= 4 is 28.1 Å². The van der Waals surface area contributed by atoms with Gasteiger partial charge in [0.05, 0.1) is 24.8 Å². The Morgan fingerprint density at radius 3 is 2.53 bits per heavy atom. The first-order chi connectivity index (χ1) is 15.5. The van der Waals surface area contributed by atoms with E-state index in [4.69, 9.17) is 9.47 Å². The summed E-state index contributed by atoms with van der Waals surface area (Å²) >= 11 is 1.35. The summed E-state index contributed by atoms with van der Waals surface area (Å²) in [5.41, 5.74) is 3.61. The Hall–Kier alpha value is -3.50. The molecule has 0 aliphatic carbocycles. The van der Waals surface area contributed by atoms with Crippen molar-refractivity contribution in [3.8, 4) is 11.5 Å². The molecule has 9 nitrogen and oxygen atoms in total. The van der Waals surface area contributed by atoms with Gasteiger partial charge in [0, 0.05) is 42.7 Å². The minimum absolute atomic E-state index is 0.0581. The molecule has 1 amide bonds. The van der Waals surface area contributed by atoms with Gasteiger partial charge in [0.1, 0.15) is 0 Å². The molecular weight excluding hydrogens is 432 g/mol. The summed E-state index contributed by atoms with van der Waals surface area (Å²) in [5, 5.41) is 15.9. The lowest BCUT2D eigenvalue weighted by Gasteiger charge is -2.29. The number of thiazole rings is 1. The lowest BCUT2D eigenvalue weighted by Crippen LogP contribution is -2.30. The Morgan fingerprint density at radius 2 is 1.88 bits per heavy atom. The summed E-state index contributed by atoms with van der Waals surface area (Å²) in [6.45, 7) is 2.33. The minimum Gasteiger partial charge on any atom is -0.493 e. The molecule has 0 fully saturated rings. The number of methoxy groups -OCH3 is 2. The third-order valence-corrected chi connectivity index (χ3v) is 6.10. The van der Waals surface area contributed by atoms with Gasteiger partial charge in [0.2, 0.25) is 0 Å². The zero-order chi connectivity index (χ0) is 22.7. The molecule has 166 valence electrons. The number of nitrogens with one attached hydrogen (secondary N) is 1. The number of carbonyl (C=O) groups excluding carboxylic acids is 1. The molecule has 32 heavy (non-hydrogen) atoms. The van der Waals surface area contributed by atoms with Crippen LogP contribution in [-0.2, 0) is 19.5 Å². The van der Waals surface area contributed by atoms with Crippen molar-refractivity contribution < 1.29 is 19.2 Å². The van der Waals surface area contributed by atoms with Gasteiger partial charge in [0.25, 0.3) is 11.6 Å². The Morgan fingerprint density at radius 1 is 1.19 bits per heavy atom. The second-order valence-electron chi connectivity index (χ2n) is 7.34. The van der Waals surface area contributed by atoms with Gasteiger partial charge in [-0.1, -0.05) is 0 Å². The fourth-order valence-corrected chi connectivity index (χ4v) is 4.34. The monoisotopic (exact) mass is 454 g/mol. The van der Waals surface area contributed by atoms with Crippen LogP contribution in [0, 0.1) is 10.1 Å². The van der Waals surface area contributed by atoms with E-state index in [1.807, 2.05) is 17.5 Å². The molecule has 0 radical (unpaired) electrons. The SMILES string of the molecule is COc1cc2c(cc1OC)CN(Cc1csc(NC(=O)c3ccc([N+](=O)[O-])cc3)n1)CC2. The number of nitro benzene ring substituents is 1. The van der Waals surface area contributed by atoms with Crippen LogP contribution >= 0.6 is 11.3 Å². The van der Waals surface area contributed by atoms with Gasteiger partial charge in [-0.05, 0) is 41.8 Å². The van der Waals surface area contributed by atoms with Crippen LogP contribution < -0.4 is 14.8 Å². The Balaban J connectivity index is 1.38. The molecule has 0 saturated heterocycles. The number of fused-ring (bicyclic) bond motifs is 1. The molecule has 1 aromatic heterocycles. The van der Waals surface area contributed by atoms with Crippen LogP contribution in [0.4, 0.5) is 10.8 Å². The molecule has 4 rings (SSSR count). The van der Waals surface area contributed by atoms with Crippen LogP contribution in [0.1, 0.15) is 27.2 Å². The molecule has 0 spiro atoms. The van der Waals surface area contributed by atoms with Crippen molar-refractivity contribution in [2.45, 2.75) is 19.5 Å². The van der Waals surface area contributed by atoms with Crippen LogP contribution in [-0.4, -0.2) is 41.5 Å². The molecule has 1 aliphatic heterocycles. The number of hydrogen-bond acceptors (Lipinski definition) is 8. The van der Waals surface area contributed by atoms with Crippen LogP contribution in [0.5, 0.6) is 11.5 Å². The lowest BCUT2D eigenvalue weighted by atomic mass is 9.98. The highest BCUT2D eigenvalue weighted by atomic mass is 32.1. The predicted octanol–water partition coefficient (Wildman–Crippen LogP) is 3.88. The number of ether oxygens (including phenoxy) is 2. The predicted molar refractivity (Wildman–Crippen MR) is 121 cm³/mol. The Bertz CT molecular complexity index is 1150. The van der Waals surface area contributed by atoms with Crippen LogP contribution in [0.2, 0.25) is 0 Å². The number of anilines is 1. The van der Waals surface area contributed by atoms with E-state index in [0.717, 1.165) is 36.7 Å². The maximum absolute atomic E-state index is 12.4. The quantitative estimate of drug-likeness (QED) is 0.426. The number of hydrogen-bond donors (Lipinski definition) is 1. The van der Waals surface area contributed by atoms with Crippen molar-refractivity contribution in [3.63, 3.8) is 0 Å². The van der Waals surface area contributed by atoms with Gasteiger partial charge in [-0.15, -0.1) is 11.3 Å². The molecule has 1 N–H and O–H groups in total. The van der Waals surface area contributed by atoms with E-state index >= 15 is 0 Å². The fraction of sp³-hybridized carbons (Fsp3) is 0.273. The number of amides is 1. The summed E-state index contributed by atoms with van der Waals surface area (Å²) in [4.78, 5) is 29.5. The van der Waals surface area contributed by atoms with Gasteiger partial charge in [-0.3, -0.25) is 25.1 Å². The first-order valence-electron chi connectivity index (χ1n) is 9.93. The molecular formula is C22H22N4O5S. The van der Waals surface area contributed by atoms with Gasteiger partial charge in [-0.25, -0.2) is 4.98 Å². The Labute approximate surface area is 188 Å². The third kappa shape index (κ3) is 4.71. The van der Waals surface area contributed by atoms with Crippen LogP contribution in [0.25, 0.3) is 0 Å². The smallest absolute Gasteiger partial charge is 0.269 e. The average molecular weight is 455 g/mol. The number of benzene rings is 2. The van der Waals surface area contributed by atoms with E-state index in [9.17, 15) is 14.9 Å². The van der Waals surface area contributed by atoms with Crippen LogP contribution in [0.15, 0.2) is 41.8 Å². The van der Waals surface area contributed by atoms with Crippen LogP contribution in [0.3, 0.4) is 0 Å². The van der Waals surface area contributed by atoms with E-state index in [2.05, 4.69) is 15.2 Å². The number of nitrogens with zero attached hydrogens (tertiary/aromatic N) is 3. The summed E-state index contributed by atoms with van der Waals surface area (Å²) in [6, 6.07) is 9.53. The first kappa shape index (κ1) is 21.7. The van der Waals surface area contributed by atoms with Crippen molar-refractivity contribution in [1.29, 1.82) is 0 Å². The van der Waals surface area contributed by atoms with Gasteiger partial charge in [-0.2, -0.15) is 0 Å². The van der Waals surface area contributed by atoms with Gasteiger partial charge in [0.15, 0.2) is 16.6 Å². The highest BCUT2D eigenvalue weighted by Crippen LogP contribution is 2.33. The molecule has 2 aromatic carbocycles. The van der Waals surface area contributed by atoms with E-state index in [-0.39, 0.29) is 11.6 Å². The standard InChI is InChI=1S/C22H22N4O5S/c1-30-19-9-15-7-8-25(11-16(15)10-20(19)31-2)12-17-13-32-22(23-17)24-21(27)14-3-5-18(6-4-14)26(28)29/h3-6,9-10,13H,7-8,11-12H2,1-2H3,(H,23,24,27). The number of nitro groups is 1. The zero-order valence-electron chi connectivity index (χ0n) is 17.7. The van der Waals surface area contributed by atoms with E-state index in [1.54, 1.807) is 14.2 Å². The summed E-state index contributed by atoms with van der Waals surface area (Å²) in [5.74, 6) is 1.11. The minimum atomic E-state index is -0.500. The number of non-ortho nitro benzene ring substituents is 1. The summed E-state index contributed by atoms with van der Waals surface area (Å²) < 4.78 is 10.8. The van der Waals surface area contributed by atoms with Crippen molar-refractivity contribution in [1.82, 2.24) is 9.88 Å². The van der Waals surface area contributed by atoms with Gasteiger partial charge < -0.3 is 9.47 Å². The molecule has 0 atom stereocenters. The fourth-order valence-electron chi connectivity index (χ4n) is 3.65. The highest BCUT2D eigenvalue weighted by molar-refractivity contribution is 7.14. The first-order valence-corrected chi connectivity index (χ1v) is 10.8. The second kappa shape index (κ2) is 9.33. The number of carbonyl (C=O) groups is 1. The van der Waals surface area contributed by atoms with Crippen molar-refractivity contribution in [3.05, 3.63) is 74.3 Å². The largest absolute Gasteiger partial charge is 0.493 e. The van der Waals surface area contributed by atoms with Crippen molar-refractivity contribution in [2.75, 3.05) is 26.1 Å². The normalized spacial score (nSPS) is 13.3. The maximum Gasteiger partial charge on any atom is 0.269 e. The summed E-state index contributed by atoms with van der Waals surface area (Å²) in [7, 11) is 3.27. The topological polar surface area (TPSA) is 107 Å². The van der Waals surface area contributed by atoms with E-state index in [0.29, 0.717) is 17.2 Å². The van der Waals surface area contributed by atoms with Gasteiger partial charge >= 0.3 is 0 Å². The Kier molecular flexibility index (Phi) is 6.33. The molecule has 1 aliphatic rings. The van der Waals surface area contributed by atoms with E-state index < -0.39 is 4.92 Å². The molecule has 10 heteroatoms. The molecule has 0 saturated carbocycles. The number of aromatic nitrogens is 1. The summed E-state index contributed by atoms with van der Waals surface area (Å²) in [6.07, 6.45) is 0.906. The molecule has 3 aromatic rings. The third-order valence-electron chi connectivity index (χ3n) is 5.30. The van der Waals surface area contributed by atoms with E-state index in [1.165, 1.54) is 46.7 Å². The average Bonchev–Trinajstić information content (AvgIpc) is 3.24. The molecule has 0 unspecified atom stereocenters. The lowest BCUT2D eigenvalue weighted by molar-refractivity contribution is -0.384. The number of rotatable bonds is 7. The zero-order valence-corrected chi connectivity index (χ0v) is 18.5. The van der Waals surface area contributed by atoms with Crippen molar-refractivity contribution in [2.24, 2.45) is 0 Å². The maximum atomic E-state index is 12.4.